The molecule has 2 fully saturated rings. The summed E-state index contributed by atoms with van der Waals surface area (Å²) in [6.45, 7) is 0.392. The molecule has 3 rings (SSSR count). The van der Waals surface area contributed by atoms with E-state index >= 15 is 0 Å². The lowest BCUT2D eigenvalue weighted by Gasteiger charge is -2.32. The first-order chi connectivity index (χ1) is 12.2. The minimum Gasteiger partial charge on any atom is -0.481 e. The molecule has 1 saturated heterocycles. The minimum absolute atomic E-state index is 0.0312. The number of carboxylic acid groups (broad SMARTS) is 1. The summed E-state index contributed by atoms with van der Waals surface area (Å²) < 4.78 is 38.4. The summed E-state index contributed by atoms with van der Waals surface area (Å²) in [5.41, 5.74) is -0.483. The van der Waals surface area contributed by atoms with Gasteiger partial charge in [0.1, 0.15) is 5.41 Å². The number of hydrogen-bond acceptors (Lipinski definition) is 2. The van der Waals surface area contributed by atoms with E-state index in [2.05, 4.69) is 0 Å². The smallest absolute Gasteiger partial charge is 0.391 e. The Morgan fingerprint density at radius 2 is 1.69 bits per heavy atom. The Hall–Kier alpha value is -2.05. The second-order valence-electron chi connectivity index (χ2n) is 7.35. The number of rotatable bonds is 3. The predicted octanol–water partition coefficient (Wildman–Crippen LogP) is 3.61. The Labute approximate surface area is 150 Å². The van der Waals surface area contributed by atoms with Crippen LogP contribution in [0, 0.1) is 11.8 Å². The molecule has 1 aliphatic heterocycles. The minimum atomic E-state index is -4.20. The first-order valence-electron chi connectivity index (χ1n) is 8.88. The highest BCUT2D eigenvalue weighted by molar-refractivity contribution is 5.86. The number of benzene rings is 1. The van der Waals surface area contributed by atoms with Gasteiger partial charge in [-0.1, -0.05) is 30.3 Å². The highest BCUT2D eigenvalue weighted by Crippen LogP contribution is 2.41. The third-order valence-electron chi connectivity index (χ3n) is 5.86. The van der Waals surface area contributed by atoms with Gasteiger partial charge in [-0.05, 0) is 37.7 Å². The van der Waals surface area contributed by atoms with Crippen LogP contribution in [-0.4, -0.2) is 41.1 Å². The predicted molar refractivity (Wildman–Crippen MR) is 88.5 cm³/mol. The molecule has 0 bridgehead atoms. The second kappa shape index (κ2) is 6.93. The molecule has 1 heterocycles. The van der Waals surface area contributed by atoms with E-state index in [-0.39, 0.29) is 38.1 Å². The van der Waals surface area contributed by atoms with E-state index in [0.717, 1.165) is 0 Å². The fourth-order valence-corrected chi connectivity index (χ4v) is 4.21. The molecule has 1 aromatic rings. The maximum atomic E-state index is 12.8. The highest BCUT2D eigenvalue weighted by atomic mass is 19.4. The zero-order valence-electron chi connectivity index (χ0n) is 14.3. The number of carbonyl (C=O) groups is 2. The summed E-state index contributed by atoms with van der Waals surface area (Å²) in [6.07, 6.45) is -3.52. The number of hydrogen-bond donors (Lipinski definition) is 1. The SMILES string of the molecule is O=C(C1CCC(C(F)(F)F)CC1)N1CCC(C(=O)O)(c2ccccc2)C1. The van der Waals surface area contributed by atoms with Crippen LogP contribution in [-0.2, 0) is 15.0 Å². The van der Waals surface area contributed by atoms with Crippen LogP contribution in [0.5, 0.6) is 0 Å². The molecule has 0 spiro atoms. The maximum Gasteiger partial charge on any atom is 0.391 e. The lowest BCUT2D eigenvalue weighted by atomic mass is 9.79. The van der Waals surface area contributed by atoms with E-state index in [0.29, 0.717) is 18.5 Å². The van der Waals surface area contributed by atoms with Crippen molar-refractivity contribution in [3.05, 3.63) is 35.9 Å². The van der Waals surface area contributed by atoms with Crippen molar-refractivity contribution in [1.82, 2.24) is 4.90 Å². The molecule has 1 aliphatic carbocycles. The number of halogens is 3. The molecule has 142 valence electrons. The first kappa shape index (κ1) is 18.7. The zero-order chi connectivity index (χ0) is 18.9. The van der Waals surface area contributed by atoms with Crippen molar-refractivity contribution >= 4 is 11.9 Å². The fourth-order valence-electron chi connectivity index (χ4n) is 4.21. The van der Waals surface area contributed by atoms with Crippen LogP contribution in [0.25, 0.3) is 0 Å². The number of carbonyl (C=O) groups excluding carboxylic acids is 1. The van der Waals surface area contributed by atoms with Gasteiger partial charge in [-0.25, -0.2) is 0 Å². The molecule has 4 nitrogen and oxygen atoms in total. The van der Waals surface area contributed by atoms with Crippen LogP contribution in [0.4, 0.5) is 13.2 Å². The number of aliphatic carboxylic acids is 1. The van der Waals surface area contributed by atoms with Gasteiger partial charge in [0, 0.05) is 19.0 Å². The van der Waals surface area contributed by atoms with Crippen molar-refractivity contribution in [2.75, 3.05) is 13.1 Å². The summed E-state index contributed by atoms with van der Waals surface area (Å²) >= 11 is 0. The molecule has 1 unspecified atom stereocenters. The van der Waals surface area contributed by atoms with Crippen LogP contribution >= 0.6 is 0 Å². The van der Waals surface area contributed by atoms with Crippen LogP contribution in [0.15, 0.2) is 30.3 Å². The molecular weight excluding hydrogens is 347 g/mol. The van der Waals surface area contributed by atoms with Gasteiger partial charge in [-0.3, -0.25) is 9.59 Å². The maximum absolute atomic E-state index is 12.8. The average molecular weight is 369 g/mol. The summed E-state index contributed by atoms with van der Waals surface area (Å²) in [5.74, 6) is -2.94. The van der Waals surface area contributed by atoms with Crippen molar-refractivity contribution in [1.29, 1.82) is 0 Å². The van der Waals surface area contributed by atoms with Crippen molar-refractivity contribution < 1.29 is 27.9 Å². The molecule has 7 heteroatoms. The lowest BCUT2D eigenvalue weighted by Crippen LogP contribution is -2.43. The molecule has 1 amide bonds. The molecule has 2 aliphatic rings. The van der Waals surface area contributed by atoms with E-state index in [9.17, 15) is 27.9 Å². The van der Waals surface area contributed by atoms with Gasteiger partial charge in [0.25, 0.3) is 0 Å². The standard InChI is InChI=1S/C19H22F3NO3/c20-19(21,22)15-8-6-13(7-9-15)16(24)23-11-10-18(12-23,17(25)26)14-4-2-1-3-5-14/h1-5,13,15H,6-12H2,(H,25,26). The molecule has 26 heavy (non-hydrogen) atoms. The second-order valence-corrected chi connectivity index (χ2v) is 7.35. The fraction of sp³-hybridized carbons (Fsp3) is 0.579. The van der Waals surface area contributed by atoms with E-state index < -0.39 is 29.4 Å². The van der Waals surface area contributed by atoms with Crippen LogP contribution in [0.2, 0.25) is 0 Å². The molecular formula is C19H22F3NO3. The van der Waals surface area contributed by atoms with Gasteiger partial charge >= 0.3 is 12.1 Å². The molecule has 1 aromatic carbocycles. The molecule has 0 aromatic heterocycles. The van der Waals surface area contributed by atoms with Gasteiger partial charge in [0.15, 0.2) is 0 Å². The van der Waals surface area contributed by atoms with Gasteiger partial charge in [0.05, 0.1) is 5.92 Å². The third-order valence-corrected chi connectivity index (χ3v) is 5.86. The Morgan fingerprint density at radius 1 is 1.08 bits per heavy atom. The van der Waals surface area contributed by atoms with Crippen molar-refractivity contribution in [3.8, 4) is 0 Å². The molecule has 1 saturated carbocycles. The largest absolute Gasteiger partial charge is 0.481 e. The van der Waals surface area contributed by atoms with Crippen LogP contribution in [0.1, 0.15) is 37.7 Å². The average Bonchev–Trinajstić information content (AvgIpc) is 3.08. The Balaban J connectivity index is 1.68. The Morgan fingerprint density at radius 3 is 2.23 bits per heavy atom. The Bertz CT molecular complexity index is 668. The van der Waals surface area contributed by atoms with Gasteiger partial charge < -0.3 is 10.0 Å². The molecule has 0 radical (unpaired) electrons. The van der Waals surface area contributed by atoms with E-state index in [1.807, 2.05) is 0 Å². The summed E-state index contributed by atoms with van der Waals surface area (Å²) in [5, 5.41) is 9.79. The quantitative estimate of drug-likeness (QED) is 0.886. The van der Waals surface area contributed by atoms with Crippen molar-refractivity contribution in [2.45, 2.75) is 43.7 Å². The van der Waals surface area contributed by atoms with Gasteiger partial charge in [0.2, 0.25) is 5.91 Å². The first-order valence-corrected chi connectivity index (χ1v) is 8.88. The van der Waals surface area contributed by atoms with Crippen molar-refractivity contribution in [3.63, 3.8) is 0 Å². The molecule has 1 N–H and O–H groups in total. The topological polar surface area (TPSA) is 57.6 Å². The third kappa shape index (κ3) is 3.44. The number of nitrogens with zero attached hydrogens (tertiary/aromatic N) is 1. The number of carboxylic acids is 1. The summed E-state index contributed by atoms with van der Waals surface area (Å²) in [7, 11) is 0. The van der Waals surface area contributed by atoms with Crippen LogP contribution in [0.3, 0.4) is 0 Å². The van der Waals surface area contributed by atoms with Crippen LogP contribution < -0.4 is 0 Å². The summed E-state index contributed by atoms with van der Waals surface area (Å²) in [4.78, 5) is 26.2. The normalized spacial score (nSPS) is 29.6. The lowest BCUT2D eigenvalue weighted by molar-refractivity contribution is -0.185. The summed E-state index contributed by atoms with van der Waals surface area (Å²) in [6, 6.07) is 8.83. The van der Waals surface area contributed by atoms with E-state index in [1.165, 1.54) is 4.90 Å². The highest BCUT2D eigenvalue weighted by Gasteiger charge is 2.49. The number of likely N-dealkylation sites (tertiary alicyclic amines) is 1. The molecule has 1 atom stereocenters. The van der Waals surface area contributed by atoms with E-state index in [1.54, 1.807) is 30.3 Å². The monoisotopic (exact) mass is 369 g/mol. The van der Waals surface area contributed by atoms with Gasteiger partial charge in [-0.15, -0.1) is 0 Å². The van der Waals surface area contributed by atoms with Gasteiger partial charge in [-0.2, -0.15) is 13.2 Å². The van der Waals surface area contributed by atoms with Crippen molar-refractivity contribution in [2.24, 2.45) is 11.8 Å². The van der Waals surface area contributed by atoms with E-state index in [4.69, 9.17) is 0 Å². The number of amides is 1. The Kier molecular flexibility index (Phi) is 4.99. The zero-order valence-corrected chi connectivity index (χ0v) is 14.3. The number of alkyl halides is 3.